The third kappa shape index (κ3) is 6.10. The van der Waals surface area contributed by atoms with Crippen molar-refractivity contribution in [1.29, 1.82) is 0 Å². The van der Waals surface area contributed by atoms with Crippen LogP contribution >= 0.6 is 0 Å². The standard InChI is InChI=1S/C29H35F3N2O6/c1-2-40-26(38)23-16-34(24(36)14-22(23)20-8-4-3-5-9-20)19-28(39)12-13-33(18-27(28)10-6-7-11-27)25(37)21(17-35)15-29(30,31)32/h3-5,8-9,14,16,21,35,39H,2,6-7,10-13,15,17-19H2,1H3/t21-,28?/m0/s1. The summed E-state index contributed by atoms with van der Waals surface area (Å²) in [7, 11) is 0. The highest BCUT2D eigenvalue weighted by Crippen LogP contribution is 2.52. The number of amides is 1. The van der Waals surface area contributed by atoms with Gasteiger partial charge in [0.15, 0.2) is 0 Å². The van der Waals surface area contributed by atoms with E-state index in [0.717, 1.165) is 12.8 Å². The molecule has 2 aromatic rings. The molecule has 218 valence electrons. The van der Waals surface area contributed by atoms with Crippen LogP contribution in [0.4, 0.5) is 13.2 Å². The second-order valence-corrected chi connectivity index (χ2v) is 10.9. The monoisotopic (exact) mass is 564 g/mol. The van der Waals surface area contributed by atoms with Crippen LogP contribution in [0.15, 0.2) is 47.4 Å². The van der Waals surface area contributed by atoms with Crippen molar-refractivity contribution in [2.24, 2.45) is 11.3 Å². The van der Waals surface area contributed by atoms with Crippen LogP contribution in [-0.2, 0) is 16.1 Å². The van der Waals surface area contributed by atoms with Crippen molar-refractivity contribution in [3.05, 3.63) is 58.5 Å². The Morgan fingerprint density at radius 3 is 2.40 bits per heavy atom. The normalized spacial score (nSPS) is 21.4. The summed E-state index contributed by atoms with van der Waals surface area (Å²) in [5, 5.41) is 21.6. The number of carbonyl (C=O) groups excluding carboxylic acids is 2. The van der Waals surface area contributed by atoms with Crippen molar-refractivity contribution >= 4 is 11.9 Å². The highest BCUT2D eigenvalue weighted by molar-refractivity contribution is 5.96. The van der Waals surface area contributed by atoms with Gasteiger partial charge in [-0.25, -0.2) is 4.79 Å². The van der Waals surface area contributed by atoms with E-state index in [9.17, 15) is 37.8 Å². The fourth-order valence-electron chi connectivity index (χ4n) is 6.26. The second kappa shape index (κ2) is 11.7. The quantitative estimate of drug-likeness (QED) is 0.473. The van der Waals surface area contributed by atoms with Gasteiger partial charge in [0, 0.05) is 36.3 Å². The molecule has 1 aliphatic carbocycles. The Morgan fingerprint density at radius 2 is 1.80 bits per heavy atom. The van der Waals surface area contributed by atoms with E-state index in [0.29, 0.717) is 24.0 Å². The first-order chi connectivity index (χ1) is 18.9. The fourth-order valence-corrected chi connectivity index (χ4v) is 6.26. The van der Waals surface area contributed by atoms with Crippen LogP contribution in [0.5, 0.6) is 0 Å². The lowest BCUT2D eigenvalue weighted by Gasteiger charge is -2.52. The molecule has 1 spiro atoms. The molecular weight excluding hydrogens is 529 g/mol. The Kier molecular flexibility index (Phi) is 8.75. The Labute approximate surface area is 230 Å². The van der Waals surface area contributed by atoms with Crippen molar-refractivity contribution < 1.29 is 37.7 Å². The SMILES string of the molecule is CCOC(=O)c1cn(CC2(O)CCN(C(=O)[C@H](CO)CC(F)(F)F)CC23CCCC3)c(=O)cc1-c1ccccc1. The number of hydrogen-bond acceptors (Lipinski definition) is 6. The number of hydrogen-bond donors (Lipinski definition) is 2. The molecule has 1 amide bonds. The maximum atomic E-state index is 13.3. The van der Waals surface area contributed by atoms with Gasteiger partial charge in [-0.15, -0.1) is 0 Å². The van der Waals surface area contributed by atoms with Gasteiger partial charge >= 0.3 is 12.1 Å². The summed E-state index contributed by atoms with van der Waals surface area (Å²) in [5.41, 5.74) is -1.50. The van der Waals surface area contributed by atoms with Gasteiger partial charge in [0.1, 0.15) is 0 Å². The molecule has 0 radical (unpaired) electrons. The minimum Gasteiger partial charge on any atom is -0.462 e. The number of aromatic nitrogens is 1. The summed E-state index contributed by atoms with van der Waals surface area (Å²) in [6, 6.07) is 10.3. The van der Waals surface area contributed by atoms with E-state index >= 15 is 0 Å². The van der Waals surface area contributed by atoms with Gasteiger partial charge in [-0.1, -0.05) is 43.2 Å². The van der Waals surface area contributed by atoms with Gasteiger partial charge in [-0.3, -0.25) is 9.59 Å². The van der Waals surface area contributed by atoms with Crippen LogP contribution in [0.1, 0.15) is 55.8 Å². The number of carbonyl (C=O) groups is 2. The van der Waals surface area contributed by atoms with Gasteiger partial charge < -0.3 is 24.4 Å². The van der Waals surface area contributed by atoms with Crippen molar-refractivity contribution in [2.45, 2.75) is 63.8 Å². The van der Waals surface area contributed by atoms with Gasteiger partial charge in [-0.05, 0) is 31.7 Å². The summed E-state index contributed by atoms with van der Waals surface area (Å²) >= 11 is 0. The molecule has 1 saturated heterocycles. The lowest BCUT2D eigenvalue weighted by atomic mass is 9.65. The molecule has 2 N–H and O–H groups in total. The largest absolute Gasteiger partial charge is 0.462 e. The molecule has 1 saturated carbocycles. The predicted molar refractivity (Wildman–Crippen MR) is 140 cm³/mol. The molecule has 40 heavy (non-hydrogen) atoms. The Morgan fingerprint density at radius 1 is 1.12 bits per heavy atom. The number of benzene rings is 1. The van der Waals surface area contributed by atoms with Crippen LogP contribution in [-0.4, -0.2) is 69.6 Å². The maximum Gasteiger partial charge on any atom is 0.389 e. The fraction of sp³-hybridized carbons (Fsp3) is 0.552. The average Bonchev–Trinajstić information content (AvgIpc) is 3.39. The van der Waals surface area contributed by atoms with Gasteiger partial charge in [-0.2, -0.15) is 13.2 Å². The predicted octanol–water partition coefficient (Wildman–Crippen LogP) is 3.78. The molecule has 4 rings (SSSR count). The zero-order chi connectivity index (χ0) is 29.1. The number of pyridine rings is 1. The topological polar surface area (TPSA) is 109 Å². The molecule has 1 aromatic carbocycles. The highest BCUT2D eigenvalue weighted by atomic mass is 19.4. The highest BCUT2D eigenvalue weighted by Gasteiger charge is 2.56. The third-order valence-corrected chi connectivity index (χ3v) is 8.33. The summed E-state index contributed by atoms with van der Waals surface area (Å²) in [6.07, 6.45) is -2.03. The summed E-state index contributed by atoms with van der Waals surface area (Å²) in [4.78, 5) is 40.5. The van der Waals surface area contributed by atoms with E-state index in [1.807, 2.05) is 6.07 Å². The van der Waals surface area contributed by atoms with Crippen LogP contribution in [0.25, 0.3) is 11.1 Å². The molecule has 11 heteroatoms. The molecule has 0 bridgehead atoms. The number of esters is 1. The number of ether oxygens (including phenoxy) is 1. The zero-order valence-corrected chi connectivity index (χ0v) is 22.5. The van der Waals surface area contributed by atoms with E-state index < -0.39 is 53.6 Å². The first-order valence-electron chi connectivity index (χ1n) is 13.6. The Hall–Kier alpha value is -3.18. The van der Waals surface area contributed by atoms with Crippen LogP contribution in [0.3, 0.4) is 0 Å². The minimum absolute atomic E-state index is 0.0208. The lowest BCUT2D eigenvalue weighted by Crippen LogP contribution is -2.62. The van der Waals surface area contributed by atoms with E-state index in [4.69, 9.17) is 4.74 Å². The number of piperidine rings is 1. The molecule has 1 aliphatic heterocycles. The van der Waals surface area contributed by atoms with E-state index in [2.05, 4.69) is 0 Å². The number of aliphatic hydroxyl groups excluding tert-OH is 1. The van der Waals surface area contributed by atoms with Gasteiger partial charge in [0.25, 0.3) is 5.56 Å². The molecule has 2 heterocycles. The number of rotatable bonds is 8. The summed E-state index contributed by atoms with van der Waals surface area (Å²) in [6.45, 7) is 0.735. The molecule has 2 aliphatic rings. The zero-order valence-electron chi connectivity index (χ0n) is 22.5. The number of halogens is 3. The van der Waals surface area contributed by atoms with Crippen molar-refractivity contribution in [1.82, 2.24) is 9.47 Å². The van der Waals surface area contributed by atoms with E-state index in [-0.39, 0.29) is 38.2 Å². The van der Waals surface area contributed by atoms with Crippen molar-refractivity contribution in [2.75, 3.05) is 26.3 Å². The second-order valence-electron chi connectivity index (χ2n) is 10.9. The Bertz CT molecular complexity index is 1270. The summed E-state index contributed by atoms with van der Waals surface area (Å²) < 4.78 is 45.5. The van der Waals surface area contributed by atoms with E-state index in [1.54, 1.807) is 31.2 Å². The Balaban J connectivity index is 1.66. The third-order valence-electron chi connectivity index (χ3n) is 8.33. The number of aliphatic hydroxyl groups is 2. The summed E-state index contributed by atoms with van der Waals surface area (Å²) in [5.74, 6) is -3.01. The van der Waals surface area contributed by atoms with Gasteiger partial charge in [0.2, 0.25) is 5.91 Å². The molecule has 1 unspecified atom stereocenters. The van der Waals surface area contributed by atoms with Gasteiger partial charge in [0.05, 0.1) is 43.3 Å². The first kappa shape index (κ1) is 29.8. The molecule has 2 fully saturated rings. The number of likely N-dealkylation sites (tertiary alicyclic amines) is 1. The first-order valence-corrected chi connectivity index (χ1v) is 13.6. The molecular formula is C29H35F3N2O6. The maximum absolute atomic E-state index is 13.3. The molecule has 8 nitrogen and oxygen atoms in total. The van der Waals surface area contributed by atoms with Crippen LogP contribution in [0.2, 0.25) is 0 Å². The van der Waals surface area contributed by atoms with E-state index in [1.165, 1.54) is 21.7 Å². The number of nitrogens with zero attached hydrogens (tertiary/aromatic N) is 2. The van der Waals surface area contributed by atoms with Crippen molar-refractivity contribution in [3.63, 3.8) is 0 Å². The lowest BCUT2D eigenvalue weighted by molar-refractivity contribution is -0.175. The van der Waals surface area contributed by atoms with Crippen LogP contribution in [0, 0.1) is 11.3 Å². The average molecular weight is 565 g/mol. The molecule has 2 atom stereocenters. The molecule has 1 aromatic heterocycles. The minimum atomic E-state index is -4.60. The van der Waals surface area contributed by atoms with Crippen molar-refractivity contribution in [3.8, 4) is 11.1 Å². The number of alkyl halides is 3. The smallest absolute Gasteiger partial charge is 0.389 e. The van der Waals surface area contributed by atoms with Crippen LogP contribution < -0.4 is 5.56 Å².